The van der Waals surface area contributed by atoms with E-state index in [-0.39, 0.29) is 0 Å². The van der Waals surface area contributed by atoms with E-state index in [0.717, 1.165) is 12.1 Å². The van der Waals surface area contributed by atoms with Gasteiger partial charge in [0.05, 0.1) is 0 Å². The van der Waals surface area contributed by atoms with Crippen LogP contribution in [0.5, 0.6) is 0 Å². The average molecular weight is 137 g/mol. The van der Waals surface area contributed by atoms with Gasteiger partial charge in [-0.3, -0.25) is 0 Å². The average Bonchev–Trinajstić information content (AvgIpc) is 1.99. The van der Waals surface area contributed by atoms with Gasteiger partial charge in [-0.25, -0.2) is 0 Å². The Morgan fingerprint density at radius 2 is 2.20 bits per heavy atom. The lowest BCUT2D eigenvalue weighted by atomic mass is 10.1. The summed E-state index contributed by atoms with van der Waals surface area (Å²) in [7, 11) is 1.87. The summed E-state index contributed by atoms with van der Waals surface area (Å²) in [5.74, 6) is 0. The van der Waals surface area contributed by atoms with Crippen LogP contribution in [0.2, 0.25) is 0 Å². The van der Waals surface area contributed by atoms with Crippen LogP contribution in [0.3, 0.4) is 0 Å². The summed E-state index contributed by atoms with van der Waals surface area (Å²) in [4.78, 5) is 0. The quantitative estimate of drug-likeness (QED) is 0.586. The molecular weight excluding hydrogens is 122 g/mol. The van der Waals surface area contributed by atoms with Crippen molar-refractivity contribution in [3.05, 3.63) is 36.6 Å². The maximum Gasteiger partial charge on any atom is 0.0296 e. The van der Waals surface area contributed by atoms with Crippen LogP contribution in [0, 0.1) is 0 Å². The number of rotatable bonds is 4. The van der Waals surface area contributed by atoms with E-state index in [4.69, 9.17) is 0 Å². The zero-order chi connectivity index (χ0) is 7.98. The van der Waals surface area contributed by atoms with Gasteiger partial charge in [0.25, 0.3) is 0 Å². The summed E-state index contributed by atoms with van der Waals surface area (Å²) in [6.07, 6.45) is 4.74. The molecule has 0 aliphatic heterocycles. The first-order chi connectivity index (χ1) is 4.76. The summed E-state index contributed by atoms with van der Waals surface area (Å²) in [6.45, 7) is 9.55. The van der Waals surface area contributed by atoms with E-state index >= 15 is 0 Å². The van der Waals surface area contributed by atoms with E-state index < -0.39 is 0 Å². The fraction of sp³-hybridized carbons (Fsp3) is 0.333. The maximum absolute atomic E-state index is 3.84. The Bertz CT molecular complexity index is 154. The fourth-order valence-electron chi connectivity index (χ4n) is 0.735. The zero-order valence-corrected chi connectivity index (χ0v) is 6.78. The molecule has 0 radical (unpaired) electrons. The Balaban J connectivity index is 4.19. The number of allylic oxidation sites excluding steroid dienone is 3. The molecule has 0 unspecified atom stereocenters. The van der Waals surface area contributed by atoms with Crippen LogP contribution >= 0.6 is 0 Å². The van der Waals surface area contributed by atoms with Crippen LogP contribution in [0.25, 0.3) is 0 Å². The van der Waals surface area contributed by atoms with Gasteiger partial charge >= 0.3 is 0 Å². The normalized spacial score (nSPS) is 10.8. The molecule has 0 bridgehead atoms. The molecule has 0 fully saturated rings. The van der Waals surface area contributed by atoms with Crippen molar-refractivity contribution >= 4 is 0 Å². The van der Waals surface area contributed by atoms with Crippen molar-refractivity contribution in [2.45, 2.75) is 13.3 Å². The molecule has 1 nitrogen and oxygen atoms in total. The number of hydrogen-bond donors (Lipinski definition) is 1. The molecule has 0 amide bonds. The van der Waals surface area contributed by atoms with E-state index in [1.165, 1.54) is 5.57 Å². The number of nitrogens with one attached hydrogen (secondary N) is 1. The van der Waals surface area contributed by atoms with Gasteiger partial charge in [-0.1, -0.05) is 32.2 Å². The standard InChI is InChI=1S/C9H15N/c1-5-7-9(6-2)8(3)10-4/h5,7,10H,1,3,6H2,2,4H3/b9-7-. The minimum atomic E-state index is 0.974. The van der Waals surface area contributed by atoms with Crippen molar-refractivity contribution in [2.75, 3.05) is 7.05 Å². The molecule has 0 aliphatic rings. The third-order valence-electron chi connectivity index (χ3n) is 1.39. The Morgan fingerprint density at radius 3 is 2.50 bits per heavy atom. The number of likely N-dealkylation sites (N-methyl/N-ethyl adjacent to an activating group) is 1. The molecule has 0 aromatic carbocycles. The number of hydrogen-bond acceptors (Lipinski definition) is 1. The monoisotopic (exact) mass is 137 g/mol. The second-order valence-electron chi connectivity index (χ2n) is 2.01. The van der Waals surface area contributed by atoms with Crippen molar-refractivity contribution in [2.24, 2.45) is 0 Å². The molecular formula is C9H15N. The summed E-state index contributed by atoms with van der Waals surface area (Å²) in [6, 6.07) is 0. The summed E-state index contributed by atoms with van der Waals surface area (Å²) in [5.41, 5.74) is 2.18. The molecule has 0 rings (SSSR count). The molecule has 0 aromatic rings. The van der Waals surface area contributed by atoms with Gasteiger partial charge in [0.2, 0.25) is 0 Å². The lowest BCUT2D eigenvalue weighted by molar-refractivity contribution is 0.961. The highest BCUT2D eigenvalue weighted by Gasteiger charge is 1.93. The minimum absolute atomic E-state index is 0.974. The van der Waals surface area contributed by atoms with Crippen molar-refractivity contribution < 1.29 is 0 Å². The molecule has 0 spiro atoms. The first-order valence-electron chi connectivity index (χ1n) is 3.44. The minimum Gasteiger partial charge on any atom is -0.388 e. The Morgan fingerprint density at radius 1 is 1.60 bits per heavy atom. The molecule has 0 saturated heterocycles. The van der Waals surface area contributed by atoms with Crippen molar-refractivity contribution in [3.63, 3.8) is 0 Å². The van der Waals surface area contributed by atoms with Crippen LogP contribution in [-0.2, 0) is 0 Å². The molecule has 0 aliphatic carbocycles. The van der Waals surface area contributed by atoms with E-state index in [1.54, 1.807) is 6.08 Å². The van der Waals surface area contributed by atoms with Crippen molar-refractivity contribution in [3.8, 4) is 0 Å². The van der Waals surface area contributed by atoms with Gasteiger partial charge in [-0.05, 0) is 12.0 Å². The second-order valence-corrected chi connectivity index (χ2v) is 2.01. The molecule has 0 saturated carbocycles. The summed E-state index contributed by atoms with van der Waals surface area (Å²) >= 11 is 0. The van der Waals surface area contributed by atoms with Crippen LogP contribution in [0.4, 0.5) is 0 Å². The van der Waals surface area contributed by atoms with Crippen LogP contribution in [0.1, 0.15) is 13.3 Å². The largest absolute Gasteiger partial charge is 0.388 e. The van der Waals surface area contributed by atoms with Gasteiger partial charge in [0, 0.05) is 12.7 Å². The Hall–Kier alpha value is -0.980. The highest BCUT2D eigenvalue weighted by atomic mass is 14.8. The van der Waals surface area contributed by atoms with Gasteiger partial charge in [-0.15, -0.1) is 0 Å². The second kappa shape index (κ2) is 4.86. The van der Waals surface area contributed by atoms with Crippen molar-refractivity contribution in [1.29, 1.82) is 0 Å². The molecule has 0 heterocycles. The molecule has 10 heavy (non-hydrogen) atoms. The van der Waals surface area contributed by atoms with Crippen LogP contribution < -0.4 is 5.32 Å². The van der Waals surface area contributed by atoms with Crippen LogP contribution in [-0.4, -0.2) is 7.05 Å². The predicted molar refractivity (Wildman–Crippen MR) is 46.8 cm³/mol. The molecule has 56 valence electrons. The van der Waals surface area contributed by atoms with Crippen molar-refractivity contribution in [1.82, 2.24) is 5.32 Å². The molecule has 1 heteroatoms. The SMILES string of the molecule is C=C/C=C(/CC)C(=C)NC. The highest BCUT2D eigenvalue weighted by Crippen LogP contribution is 2.07. The molecule has 0 atom stereocenters. The van der Waals surface area contributed by atoms with Gasteiger partial charge in [0.1, 0.15) is 0 Å². The predicted octanol–water partition coefficient (Wildman–Crippen LogP) is 2.24. The Labute approximate surface area is 63.1 Å². The third kappa shape index (κ3) is 2.53. The molecule has 1 N–H and O–H groups in total. The first-order valence-corrected chi connectivity index (χ1v) is 3.44. The lowest BCUT2D eigenvalue weighted by Crippen LogP contribution is -2.05. The van der Waals surface area contributed by atoms with Crippen LogP contribution in [0.15, 0.2) is 36.6 Å². The highest BCUT2D eigenvalue weighted by molar-refractivity contribution is 5.28. The molecule has 0 aromatic heterocycles. The third-order valence-corrected chi connectivity index (χ3v) is 1.39. The lowest BCUT2D eigenvalue weighted by Gasteiger charge is -2.05. The maximum atomic E-state index is 3.84. The van der Waals surface area contributed by atoms with E-state index in [0.29, 0.717) is 0 Å². The smallest absolute Gasteiger partial charge is 0.0296 e. The summed E-state index contributed by atoms with van der Waals surface area (Å²) in [5, 5.41) is 2.99. The van der Waals surface area contributed by atoms with Gasteiger partial charge in [-0.2, -0.15) is 0 Å². The topological polar surface area (TPSA) is 12.0 Å². The van der Waals surface area contributed by atoms with Gasteiger partial charge in [0.15, 0.2) is 0 Å². The zero-order valence-electron chi connectivity index (χ0n) is 6.78. The van der Waals surface area contributed by atoms with Gasteiger partial charge < -0.3 is 5.32 Å². The van der Waals surface area contributed by atoms with E-state index in [1.807, 2.05) is 13.1 Å². The van der Waals surface area contributed by atoms with E-state index in [2.05, 4.69) is 25.4 Å². The van der Waals surface area contributed by atoms with E-state index in [9.17, 15) is 0 Å². The Kier molecular flexibility index (Phi) is 4.38. The fourth-order valence-corrected chi connectivity index (χ4v) is 0.735. The first kappa shape index (κ1) is 9.02. The summed E-state index contributed by atoms with van der Waals surface area (Å²) < 4.78 is 0.